The van der Waals surface area contributed by atoms with Crippen LogP contribution in [0, 0.1) is 0 Å². The highest BCUT2D eigenvalue weighted by Crippen LogP contribution is 2.39. The number of hydrogen-bond donors (Lipinski definition) is 1. The maximum atomic E-state index is 13.2. The van der Waals surface area contributed by atoms with E-state index in [4.69, 9.17) is 4.74 Å². The van der Waals surface area contributed by atoms with Crippen LogP contribution in [-0.4, -0.2) is 36.8 Å². The number of likely N-dealkylation sites (N-methyl/N-ethyl adjacent to an activating group) is 1. The minimum Gasteiger partial charge on any atom is -0.444 e. The molecule has 0 unspecified atom stereocenters. The van der Waals surface area contributed by atoms with Crippen LogP contribution in [0.1, 0.15) is 52.2 Å². The van der Waals surface area contributed by atoms with Crippen LogP contribution < -0.4 is 5.32 Å². The van der Waals surface area contributed by atoms with E-state index in [-0.39, 0.29) is 11.8 Å². The number of anilines is 1. The molecule has 0 fully saturated rings. The number of aryl methyl sites for hydroxylation is 1. The zero-order chi connectivity index (χ0) is 20.3. The van der Waals surface area contributed by atoms with Gasteiger partial charge in [-0.3, -0.25) is 9.59 Å². The fraction of sp³-hybridized carbons (Fsp3) is 0.381. The molecule has 7 heteroatoms. The Balaban J connectivity index is 1.97. The molecule has 1 aliphatic carbocycles. The van der Waals surface area contributed by atoms with Crippen molar-refractivity contribution < 1.29 is 19.1 Å². The molecule has 2 aromatic rings. The minimum atomic E-state index is -1.03. The molecule has 1 aliphatic rings. The van der Waals surface area contributed by atoms with Crippen LogP contribution in [0.15, 0.2) is 30.3 Å². The van der Waals surface area contributed by atoms with Crippen LogP contribution in [0.25, 0.3) is 0 Å². The van der Waals surface area contributed by atoms with Crippen LogP contribution in [0.2, 0.25) is 0 Å². The Hall–Kier alpha value is -2.67. The van der Waals surface area contributed by atoms with E-state index in [1.807, 2.05) is 6.07 Å². The summed E-state index contributed by atoms with van der Waals surface area (Å²) in [6.07, 6.45) is 2.68. The molecule has 1 aromatic heterocycles. The van der Waals surface area contributed by atoms with E-state index in [0.717, 1.165) is 36.1 Å². The zero-order valence-electron chi connectivity index (χ0n) is 16.3. The first kappa shape index (κ1) is 20.1. The molecule has 0 radical (unpaired) electrons. The van der Waals surface area contributed by atoms with E-state index in [2.05, 4.69) is 5.32 Å². The van der Waals surface area contributed by atoms with Gasteiger partial charge >= 0.3 is 5.97 Å². The van der Waals surface area contributed by atoms with Gasteiger partial charge < -0.3 is 15.0 Å². The molecular weight excluding hydrogens is 376 g/mol. The lowest BCUT2D eigenvalue weighted by atomic mass is 9.95. The van der Waals surface area contributed by atoms with Gasteiger partial charge in [-0.2, -0.15) is 0 Å². The summed E-state index contributed by atoms with van der Waals surface area (Å²) in [4.78, 5) is 40.0. The number of carbonyl (C=O) groups is 3. The molecule has 0 saturated carbocycles. The molecule has 6 nitrogen and oxygen atoms in total. The fourth-order valence-electron chi connectivity index (χ4n) is 3.32. The Bertz CT molecular complexity index is 889. The number of amides is 2. The fourth-order valence-corrected chi connectivity index (χ4v) is 4.64. The highest BCUT2D eigenvalue weighted by molar-refractivity contribution is 7.17. The molecule has 28 heavy (non-hydrogen) atoms. The Morgan fingerprint density at radius 1 is 1.11 bits per heavy atom. The van der Waals surface area contributed by atoms with Crippen molar-refractivity contribution in [3.05, 3.63) is 51.9 Å². The van der Waals surface area contributed by atoms with E-state index >= 15 is 0 Å². The molecule has 148 valence electrons. The number of fused-ring (bicyclic) bond motifs is 1. The monoisotopic (exact) mass is 400 g/mol. The largest absolute Gasteiger partial charge is 0.444 e. The van der Waals surface area contributed by atoms with Gasteiger partial charge in [0.05, 0.1) is 5.56 Å². The average Bonchev–Trinajstić information content (AvgIpc) is 3.03. The van der Waals surface area contributed by atoms with Crippen molar-refractivity contribution in [3.8, 4) is 0 Å². The van der Waals surface area contributed by atoms with E-state index < -0.39 is 12.1 Å². The number of nitrogens with one attached hydrogen (secondary N) is 1. The molecule has 2 amide bonds. The highest BCUT2D eigenvalue weighted by Gasteiger charge is 2.32. The number of nitrogens with zero attached hydrogens (tertiary/aromatic N) is 1. The maximum absolute atomic E-state index is 13.2. The van der Waals surface area contributed by atoms with Crippen LogP contribution in [-0.2, 0) is 27.2 Å². The Morgan fingerprint density at radius 2 is 1.79 bits per heavy atom. The van der Waals surface area contributed by atoms with Crippen LogP contribution in [0.3, 0.4) is 0 Å². The third-order valence-electron chi connectivity index (χ3n) is 4.66. The van der Waals surface area contributed by atoms with E-state index in [9.17, 15) is 14.4 Å². The lowest BCUT2D eigenvalue weighted by molar-refractivity contribution is -0.138. The molecule has 0 bridgehead atoms. The SMILES string of the molecule is CC(=O)Nc1sc2c(c1C(=O)O[C@H](C(=O)N(C)C)c1ccccc1)CCCC2. The van der Waals surface area contributed by atoms with Crippen LogP contribution in [0.4, 0.5) is 5.00 Å². The van der Waals surface area contributed by atoms with Crippen molar-refractivity contribution in [3.63, 3.8) is 0 Å². The van der Waals surface area contributed by atoms with Crippen LogP contribution in [0.5, 0.6) is 0 Å². The predicted octanol–water partition coefficient (Wildman–Crippen LogP) is 3.57. The Labute approximate surface area is 168 Å². The molecule has 0 spiro atoms. The van der Waals surface area contributed by atoms with Crippen molar-refractivity contribution in [1.82, 2.24) is 4.90 Å². The van der Waals surface area contributed by atoms with Gasteiger partial charge in [0, 0.05) is 31.5 Å². The second kappa shape index (κ2) is 8.56. The van der Waals surface area contributed by atoms with Crippen molar-refractivity contribution in [2.75, 3.05) is 19.4 Å². The third kappa shape index (κ3) is 4.25. The first-order valence-electron chi connectivity index (χ1n) is 9.27. The van der Waals surface area contributed by atoms with Gasteiger partial charge in [0.15, 0.2) is 0 Å². The van der Waals surface area contributed by atoms with E-state index in [1.54, 1.807) is 38.4 Å². The summed E-state index contributed by atoms with van der Waals surface area (Å²) < 4.78 is 5.72. The molecule has 0 saturated heterocycles. The zero-order valence-corrected chi connectivity index (χ0v) is 17.1. The van der Waals surface area contributed by atoms with E-state index in [1.165, 1.54) is 23.2 Å². The normalized spacial score (nSPS) is 14.0. The molecule has 1 aromatic carbocycles. The Kier molecular flexibility index (Phi) is 6.14. The number of carbonyl (C=O) groups excluding carboxylic acids is 3. The number of ether oxygens (including phenoxy) is 1. The number of rotatable bonds is 5. The van der Waals surface area contributed by atoms with Gasteiger partial charge in [0.25, 0.3) is 5.91 Å². The first-order chi connectivity index (χ1) is 13.4. The van der Waals surface area contributed by atoms with Gasteiger partial charge in [0.2, 0.25) is 12.0 Å². The predicted molar refractivity (Wildman–Crippen MR) is 109 cm³/mol. The standard InChI is InChI=1S/C21H24N2O4S/c1-13(24)22-19-17(15-11-7-8-12-16(15)28-19)21(26)27-18(20(25)23(2)3)14-9-5-4-6-10-14/h4-6,9-10,18H,7-8,11-12H2,1-3H3,(H,22,24)/t18-/m0/s1. The van der Waals surface area contributed by atoms with Crippen molar-refractivity contribution in [2.24, 2.45) is 0 Å². The number of benzene rings is 1. The third-order valence-corrected chi connectivity index (χ3v) is 5.86. The molecule has 3 rings (SSSR count). The molecular formula is C21H24N2O4S. The average molecular weight is 401 g/mol. The second-order valence-electron chi connectivity index (χ2n) is 7.02. The van der Waals surface area contributed by atoms with Crippen molar-refractivity contribution >= 4 is 34.1 Å². The minimum absolute atomic E-state index is 0.239. The van der Waals surface area contributed by atoms with Crippen molar-refractivity contribution in [2.45, 2.75) is 38.7 Å². The van der Waals surface area contributed by atoms with Gasteiger partial charge in [-0.1, -0.05) is 30.3 Å². The molecule has 1 atom stereocenters. The summed E-state index contributed by atoms with van der Waals surface area (Å²) in [5.41, 5.74) is 1.94. The Morgan fingerprint density at radius 3 is 2.43 bits per heavy atom. The van der Waals surface area contributed by atoms with Gasteiger partial charge in [-0.25, -0.2) is 4.79 Å². The van der Waals surface area contributed by atoms with Gasteiger partial charge in [0.1, 0.15) is 5.00 Å². The lowest BCUT2D eigenvalue weighted by Gasteiger charge is -2.22. The smallest absolute Gasteiger partial charge is 0.342 e. The summed E-state index contributed by atoms with van der Waals surface area (Å²) in [6.45, 7) is 1.41. The van der Waals surface area contributed by atoms with Crippen LogP contribution >= 0.6 is 11.3 Å². The molecule has 1 N–H and O–H groups in total. The number of thiophene rings is 1. The topological polar surface area (TPSA) is 75.7 Å². The first-order valence-corrected chi connectivity index (χ1v) is 10.1. The van der Waals surface area contributed by atoms with E-state index in [0.29, 0.717) is 16.1 Å². The van der Waals surface area contributed by atoms with Crippen molar-refractivity contribution in [1.29, 1.82) is 0 Å². The lowest BCUT2D eigenvalue weighted by Crippen LogP contribution is -2.31. The summed E-state index contributed by atoms with van der Waals surface area (Å²) in [5.74, 6) is -1.13. The summed E-state index contributed by atoms with van der Waals surface area (Å²) in [7, 11) is 3.25. The summed E-state index contributed by atoms with van der Waals surface area (Å²) >= 11 is 1.43. The second-order valence-corrected chi connectivity index (χ2v) is 8.13. The molecule has 1 heterocycles. The number of esters is 1. The molecule has 0 aliphatic heterocycles. The van der Waals surface area contributed by atoms with Gasteiger partial charge in [-0.15, -0.1) is 11.3 Å². The highest BCUT2D eigenvalue weighted by atomic mass is 32.1. The number of hydrogen-bond acceptors (Lipinski definition) is 5. The summed E-state index contributed by atoms with van der Waals surface area (Å²) in [6, 6.07) is 8.96. The summed E-state index contributed by atoms with van der Waals surface area (Å²) in [5, 5.41) is 3.27. The maximum Gasteiger partial charge on any atom is 0.342 e. The van der Waals surface area contributed by atoms with Gasteiger partial charge in [-0.05, 0) is 31.2 Å². The quantitative estimate of drug-likeness (QED) is 0.779.